The molecule has 76 valence electrons. The van der Waals surface area contributed by atoms with Crippen LogP contribution in [0.3, 0.4) is 0 Å². The largest absolute Gasteiger partial charge is 0.396 e. The van der Waals surface area contributed by atoms with Gasteiger partial charge in [-0.3, -0.25) is 14.3 Å². The Bertz CT molecular complexity index is 335. The lowest BCUT2D eigenvalue weighted by Gasteiger charge is -2.13. The van der Waals surface area contributed by atoms with Crippen LogP contribution in [0.4, 0.5) is 5.69 Å². The van der Waals surface area contributed by atoms with E-state index in [2.05, 4.69) is 5.10 Å². The Morgan fingerprint density at radius 2 is 2.50 bits per heavy atom. The predicted octanol–water partition coefficient (Wildman–Crippen LogP) is -0.220. The van der Waals surface area contributed by atoms with Crippen molar-refractivity contribution in [3.63, 3.8) is 0 Å². The third-order valence-corrected chi connectivity index (χ3v) is 2.15. The maximum absolute atomic E-state index is 11.8. The van der Waals surface area contributed by atoms with Gasteiger partial charge in [-0.1, -0.05) is 0 Å². The third kappa shape index (κ3) is 1.33. The van der Waals surface area contributed by atoms with Crippen LogP contribution in [0, 0.1) is 0 Å². The van der Waals surface area contributed by atoms with Gasteiger partial charge in [-0.05, 0) is 6.42 Å². The highest BCUT2D eigenvalue weighted by molar-refractivity contribution is 5.96. The third-order valence-electron chi connectivity index (χ3n) is 2.15. The first-order valence-electron chi connectivity index (χ1n) is 4.42. The van der Waals surface area contributed by atoms with Gasteiger partial charge < -0.3 is 5.73 Å². The lowest BCUT2D eigenvalue weighted by atomic mass is 10.3. The van der Waals surface area contributed by atoms with E-state index in [0.29, 0.717) is 24.5 Å². The molecule has 1 aromatic heterocycles. The van der Waals surface area contributed by atoms with E-state index in [-0.39, 0.29) is 5.91 Å². The van der Waals surface area contributed by atoms with Gasteiger partial charge in [0.25, 0.3) is 5.91 Å². The van der Waals surface area contributed by atoms with Gasteiger partial charge in [-0.2, -0.15) is 5.10 Å². The minimum atomic E-state index is -0.222. The van der Waals surface area contributed by atoms with Crippen molar-refractivity contribution >= 4 is 11.6 Å². The van der Waals surface area contributed by atoms with Crippen LogP contribution in [0.5, 0.6) is 0 Å². The summed E-state index contributed by atoms with van der Waals surface area (Å²) in [4.78, 5) is 16.9. The van der Waals surface area contributed by atoms with E-state index in [0.717, 1.165) is 6.42 Å². The lowest BCUT2D eigenvalue weighted by molar-refractivity contribution is -0.0773. The zero-order valence-corrected chi connectivity index (χ0v) is 7.93. The summed E-state index contributed by atoms with van der Waals surface area (Å²) in [6.07, 6.45) is 2.33. The topological polar surface area (TPSA) is 73.4 Å². The number of aryl methyl sites for hydroxylation is 1. The van der Waals surface area contributed by atoms with Crippen molar-refractivity contribution in [1.82, 2.24) is 14.8 Å². The number of amides is 1. The fraction of sp³-hybridized carbons (Fsp3) is 0.500. The zero-order valence-electron chi connectivity index (χ0n) is 7.93. The van der Waals surface area contributed by atoms with E-state index in [1.807, 2.05) is 0 Å². The standard InChI is InChI=1S/C8H12N4O2/c1-11-7(6(9)5-10-11)8(13)12-3-2-4-14-12/h5H,2-4,9H2,1H3. The average molecular weight is 196 g/mol. The van der Waals surface area contributed by atoms with Crippen LogP contribution < -0.4 is 5.73 Å². The first-order valence-corrected chi connectivity index (χ1v) is 4.42. The van der Waals surface area contributed by atoms with Crippen molar-refractivity contribution in [1.29, 1.82) is 0 Å². The normalized spacial score (nSPS) is 16.2. The first-order chi connectivity index (χ1) is 6.70. The number of hydrogen-bond acceptors (Lipinski definition) is 4. The molecule has 1 saturated heterocycles. The Kier molecular flexibility index (Phi) is 2.12. The summed E-state index contributed by atoms with van der Waals surface area (Å²) in [5.74, 6) is -0.222. The molecule has 1 fully saturated rings. The number of nitrogen functional groups attached to an aromatic ring is 1. The van der Waals surface area contributed by atoms with Crippen molar-refractivity contribution in [2.75, 3.05) is 18.9 Å². The van der Waals surface area contributed by atoms with Gasteiger partial charge in [-0.15, -0.1) is 0 Å². The summed E-state index contributed by atoms with van der Waals surface area (Å²) in [5.41, 5.74) is 6.39. The number of nitrogens with zero attached hydrogens (tertiary/aromatic N) is 3. The van der Waals surface area contributed by atoms with Gasteiger partial charge in [-0.25, -0.2) is 5.06 Å². The molecule has 1 aromatic rings. The second-order valence-corrected chi connectivity index (χ2v) is 3.17. The van der Waals surface area contributed by atoms with Crippen LogP contribution in [-0.2, 0) is 11.9 Å². The van der Waals surface area contributed by atoms with E-state index >= 15 is 0 Å². The Hall–Kier alpha value is -1.56. The number of nitrogens with two attached hydrogens (primary N) is 1. The van der Waals surface area contributed by atoms with Gasteiger partial charge in [0.2, 0.25) is 0 Å². The molecule has 2 rings (SSSR count). The molecule has 0 saturated carbocycles. The average Bonchev–Trinajstić information content (AvgIpc) is 2.75. The molecule has 1 amide bonds. The maximum Gasteiger partial charge on any atom is 0.297 e. The highest BCUT2D eigenvalue weighted by Crippen LogP contribution is 2.15. The van der Waals surface area contributed by atoms with E-state index in [1.54, 1.807) is 7.05 Å². The van der Waals surface area contributed by atoms with Gasteiger partial charge in [0, 0.05) is 7.05 Å². The Balaban J connectivity index is 2.25. The summed E-state index contributed by atoms with van der Waals surface area (Å²) < 4.78 is 1.46. The van der Waals surface area contributed by atoms with Crippen molar-refractivity contribution < 1.29 is 9.63 Å². The fourth-order valence-corrected chi connectivity index (χ4v) is 1.44. The molecule has 0 atom stereocenters. The molecule has 1 aliphatic rings. The Morgan fingerprint density at radius 1 is 1.71 bits per heavy atom. The zero-order chi connectivity index (χ0) is 10.1. The lowest BCUT2D eigenvalue weighted by Crippen LogP contribution is -2.29. The number of anilines is 1. The van der Waals surface area contributed by atoms with E-state index in [9.17, 15) is 4.79 Å². The second-order valence-electron chi connectivity index (χ2n) is 3.17. The van der Waals surface area contributed by atoms with Crippen molar-refractivity contribution in [3.8, 4) is 0 Å². The molecule has 0 aliphatic carbocycles. The second kappa shape index (κ2) is 3.30. The Morgan fingerprint density at radius 3 is 3.00 bits per heavy atom. The molecular weight excluding hydrogens is 184 g/mol. The molecule has 2 N–H and O–H groups in total. The van der Waals surface area contributed by atoms with Crippen LogP contribution in [0.2, 0.25) is 0 Å². The van der Waals surface area contributed by atoms with Gasteiger partial charge in [0.1, 0.15) is 0 Å². The van der Waals surface area contributed by atoms with Crippen molar-refractivity contribution in [2.45, 2.75) is 6.42 Å². The summed E-state index contributed by atoms with van der Waals surface area (Å²) >= 11 is 0. The SMILES string of the molecule is Cn1ncc(N)c1C(=O)N1CCCO1. The maximum atomic E-state index is 11.8. The number of hydroxylamine groups is 2. The molecule has 2 heterocycles. The van der Waals surface area contributed by atoms with Crippen LogP contribution in [0.1, 0.15) is 16.9 Å². The summed E-state index contributed by atoms with van der Waals surface area (Å²) in [6.45, 7) is 1.20. The van der Waals surface area contributed by atoms with E-state index < -0.39 is 0 Å². The molecule has 1 aliphatic heterocycles. The highest BCUT2D eigenvalue weighted by Gasteiger charge is 2.25. The molecule has 0 bridgehead atoms. The van der Waals surface area contributed by atoms with Crippen molar-refractivity contribution in [2.24, 2.45) is 7.05 Å². The molecule has 0 aromatic carbocycles. The van der Waals surface area contributed by atoms with Crippen LogP contribution >= 0.6 is 0 Å². The highest BCUT2D eigenvalue weighted by atomic mass is 16.7. The fourth-order valence-electron chi connectivity index (χ4n) is 1.44. The number of rotatable bonds is 1. The molecular formula is C8H12N4O2. The number of carbonyl (C=O) groups is 1. The number of hydrogen-bond donors (Lipinski definition) is 1. The quantitative estimate of drug-likeness (QED) is 0.674. The van der Waals surface area contributed by atoms with Gasteiger partial charge >= 0.3 is 0 Å². The van der Waals surface area contributed by atoms with E-state index in [4.69, 9.17) is 10.6 Å². The van der Waals surface area contributed by atoms with Crippen LogP contribution in [0.15, 0.2) is 6.20 Å². The van der Waals surface area contributed by atoms with E-state index in [1.165, 1.54) is 15.9 Å². The minimum Gasteiger partial charge on any atom is -0.396 e. The van der Waals surface area contributed by atoms with Crippen LogP contribution in [0.25, 0.3) is 0 Å². The number of aromatic nitrogens is 2. The summed E-state index contributed by atoms with van der Waals surface area (Å²) in [7, 11) is 1.68. The summed E-state index contributed by atoms with van der Waals surface area (Å²) in [6, 6.07) is 0. The van der Waals surface area contributed by atoms with Crippen molar-refractivity contribution in [3.05, 3.63) is 11.9 Å². The van der Waals surface area contributed by atoms with Gasteiger partial charge in [0.05, 0.1) is 25.0 Å². The molecule has 0 unspecified atom stereocenters. The smallest absolute Gasteiger partial charge is 0.297 e. The monoisotopic (exact) mass is 196 g/mol. The molecule has 6 heteroatoms. The summed E-state index contributed by atoms with van der Waals surface area (Å²) in [5, 5.41) is 5.22. The number of carbonyl (C=O) groups excluding carboxylic acids is 1. The minimum absolute atomic E-state index is 0.222. The van der Waals surface area contributed by atoms with Gasteiger partial charge in [0.15, 0.2) is 5.69 Å². The molecule has 6 nitrogen and oxygen atoms in total. The predicted molar refractivity (Wildman–Crippen MR) is 49.2 cm³/mol. The Labute approximate surface area is 81.2 Å². The first kappa shape index (κ1) is 9.01. The van der Waals surface area contributed by atoms with Crippen LogP contribution in [-0.4, -0.2) is 33.9 Å². The molecule has 0 spiro atoms. The molecule has 0 radical (unpaired) electrons. The molecule has 14 heavy (non-hydrogen) atoms.